The van der Waals surface area contributed by atoms with Gasteiger partial charge >= 0.3 is 5.97 Å². The molecular formula is C17H10Cl2O4. The van der Waals surface area contributed by atoms with Crippen LogP contribution in [0.5, 0.6) is 11.5 Å². The van der Waals surface area contributed by atoms with Gasteiger partial charge in [0, 0.05) is 11.1 Å². The largest absolute Gasteiger partial charge is 0.457 e. The summed E-state index contributed by atoms with van der Waals surface area (Å²) in [6.07, 6.45) is 0. The summed E-state index contributed by atoms with van der Waals surface area (Å²) in [7, 11) is 0. The second-order valence-corrected chi connectivity index (χ2v) is 5.91. The van der Waals surface area contributed by atoms with E-state index in [1.54, 1.807) is 24.3 Å². The Balaban J connectivity index is 1.91. The average Bonchev–Trinajstić information content (AvgIpc) is 3.14. The van der Waals surface area contributed by atoms with Gasteiger partial charge in [-0.3, -0.25) is 0 Å². The van der Waals surface area contributed by atoms with Crippen LogP contribution >= 0.6 is 23.2 Å². The molecule has 0 saturated carbocycles. The molecule has 0 bridgehead atoms. The second kappa shape index (κ2) is 5.48. The zero-order chi connectivity index (χ0) is 16.0. The van der Waals surface area contributed by atoms with Gasteiger partial charge in [-0.1, -0.05) is 35.3 Å². The highest BCUT2D eigenvalue weighted by Gasteiger charge is 2.31. The number of ether oxygens (including phenoxy) is 3. The standard InChI is InChI=1S/C17H10Cl2O4/c18-11-2-1-3-12(19)16(11)15-10(7-21-17(15)20)9-4-5-13-14(6-9)23-8-22-13/h1-6H,7-8H2. The number of carbonyl (C=O) groups is 1. The summed E-state index contributed by atoms with van der Waals surface area (Å²) in [6.45, 7) is 0.353. The van der Waals surface area contributed by atoms with Crippen LogP contribution in [0.1, 0.15) is 11.1 Å². The van der Waals surface area contributed by atoms with Crippen molar-refractivity contribution in [3.8, 4) is 11.5 Å². The fourth-order valence-corrected chi connectivity index (χ4v) is 3.29. The zero-order valence-electron chi connectivity index (χ0n) is 11.8. The molecule has 6 heteroatoms. The van der Waals surface area contributed by atoms with E-state index in [1.807, 2.05) is 12.1 Å². The number of hydrogen-bond acceptors (Lipinski definition) is 4. The van der Waals surface area contributed by atoms with Crippen molar-refractivity contribution in [3.05, 3.63) is 57.6 Å². The molecule has 0 atom stereocenters. The van der Waals surface area contributed by atoms with Crippen molar-refractivity contribution in [2.45, 2.75) is 0 Å². The molecule has 0 N–H and O–H groups in total. The smallest absolute Gasteiger partial charge is 0.339 e. The fourth-order valence-electron chi connectivity index (χ4n) is 2.71. The first-order valence-corrected chi connectivity index (χ1v) is 7.65. The van der Waals surface area contributed by atoms with Gasteiger partial charge in [-0.05, 0) is 29.8 Å². The first kappa shape index (κ1) is 14.4. The Morgan fingerprint density at radius 3 is 2.43 bits per heavy atom. The Morgan fingerprint density at radius 1 is 0.913 bits per heavy atom. The van der Waals surface area contributed by atoms with Crippen molar-refractivity contribution in [2.75, 3.05) is 13.4 Å². The van der Waals surface area contributed by atoms with Crippen LogP contribution in [0.25, 0.3) is 11.1 Å². The lowest BCUT2D eigenvalue weighted by atomic mass is 9.96. The van der Waals surface area contributed by atoms with Crippen LogP contribution in [0.4, 0.5) is 0 Å². The molecule has 0 radical (unpaired) electrons. The number of benzene rings is 2. The highest BCUT2D eigenvalue weighted by molar-refractivity contribution is 6.42. The molecule has 2 aromatic rings. The predicted molar refractivity (Wildman–Crippen MR) is 86.8 cm³/mol. The molecule has 0 aliphatic carbocycles. The number of fused-ring (bicyclic) bond motifs is 1. The SMILES string of the molecule is O=C1OCC(c2ccc3c(c2)OCO3)=C1c1c(Cl)cccc1Cl. The minimum atomic E-state index is -0.437. The van der Waals surface area contributed by atoms with Crippen LogP contribution in [0.2, 0.25) is 10.0 Å². The van der Waals surface area contributed by atoms with Gasteiger partial charge < -0.3 is 14.2 Å². The number of carbonyl (C=O) groups excluding carboxylic acids is 1. The Morgan fingerprint density at radius 2 is 1.65 bits per heavy atom. The maximum atomic E-state index is 12.2. The molecule has 2 heterocycles. The number of cyclic esters (lactones) is 1. The number of halogens is 2. The zero-order valence-corrected chi connectivity index (χ0v) is 13.3. The highest BCUT2D eigenvalue weighted by Crippen LogP contribution is 2.42. The van der Waals surface area contributed by atoms with E-state index >= 15 is 0 Å². The van der Waals surface area contributed by atoms with Gasteiger partial charge in [-0.25, -0.2) is 4.79 Å². The van der Waals surface area contributed by atoms with Crippen molar-refractivity contribution < 1.29 is 19.0 Å². The van der Waals surface area contributed by atoms with Crippen LogP contribution in [0.15, 0.2) is 36.4 Å². The molecule has 2 aliphatic heterocycles. The molecule has 0 unspecified atom stereocenters. The van der Waals surface area contributed by atoms with Gasteiger partial charge in [0.05, 0.1) is 15.6 Å². The second-order valence-electron chi connectivity index (χ2n) is 5.09. The molecule has 0 saturated heterocycles. The van der Waals surface area contributed by atoms with Crippen molar-refractivity contribution in [2.24, 2.45) is 0 Å². The molecule has 2 aliphatic rings. The molecule has 0 fully saturated rings. The highest BCUT2D eigenvalue weighted by atomic mass is 35.5. The molecule has 116 valence electrons. The van der Waals surface area contributed by atoms with Crippen LogP contribution in [0, 0.1) is 0 Å². The minimum absolute atomic E-state index is 0.162. The van der Waals surface area contributed by atoms with Crippen molar-refractivity contribution in [1.82, 2.24) is 0 Å². The quantitative estimate of drug-likeness (QED) is 0.763. The summed E-state index contributed by atoms with van der Waals surface area (Å²) >= 11 is 12.5. The molecule has 0 spiro atoms. The lowest BCUT2D eigenvalue weighted by molar-refractivity contribution is -0.133. The molecular weight excluding hydrogens is 339 g/mol. The maximum Gasteiger partial charge on any atom is 0.339 e. The number of rotatable bonds is 2. The molecule has 23 heavy (non-hydrogen) atoms. The third kappa shape index (κ3) is 2.35. The van der Waals surface area contributed by atoms with E-state index in [4.69, 9.17) is 37.4 Å². The Labute approximate surface area is 142 Å². The van der Waals surface area contributed by atoms with E-state index in [2.05, 4.69) is 0 Å². The monoisotopic (exact) mass is 348 g/mol. The predicted octanol–water partition coefficient (Wildman–Crippen LogP) is 4.19. The third-order valence-electron chi connectivity index (χ3n) is 3.79. The van der Waals surface area contributed by atoms with E-state index in [0.717, 1.165) is 11.1 Å². The maximum absolute atomic E-state index is 12.2. The Kier molecular flexibility index (Phi) is 3.43. The lowest BCUT2D eigenvalue weighted by Crippen LogP contribution is -2.00. The first-order valence-electron chi connectivity index (χ1n) is 6.90. The van der Waals surface area contributed by atoms with Gasteiger partial charge in [0.15, 0.2) is 11.5 Å². The molecule has 0 amide bonds. The summed E-state index contributed by atoms with van der Waals surface area (Å²) in [6, 6.07) is 10.6. The molecule has 2 aromatic carbocycles. The first-order chi connectivity index (χ1) is 11.1. The lowest BCUT2D eigenvalue weighted by Gasteiger charge is -2.09. The van der Waals surface area contributed by atoms with Gasteiger partial charge in [0.1, 0.15) is 6.61 Å². The summed E-state index contributed by atoms with van der Waals surface area (Å²) < 4.78 is 15.9. The Hall–Kier alpha value is -2.17. The van der Waals surface area contributed by atoms with Crippen LogP contribution in [-0.4, -0.2) is 19.4 Å². The van der Waals surface area contributed by atoms with Crippen LogP contribution < -0.4 is 9.47 Å². The van der Waals surface area contributed by atoms with Gasteiger partial charge in [0.25, 0.3) is 0 Å². The third-order valence-corrected chi connectivity index (χ3v) is 4.42. The van der Waals surface area contributed by atoms with Crippen molar-refractivity contribution in [1.29, 1.82) is 0 Å². The molecule has 0 aromatic heterocycles. The Bertz CT molecular complexity index is 837. The van der Waals surface area contributed by atoms with Crippen LogP contribution in [-0.2, 0) is 9.53 Å². The van der Waals surface area contributed by atoms with Gasteiger partial charge in [-0.2, -0.15) is 0 Å². The van der Waals surface area contributed by atoms with E-state index in [0.29, 0.717) is 32.7 Å². The summed E-state index contributed by atoms with van der Waals surface area (Å²) in [5.41, 5.74) is 2.42. The molecule has 4 rings (SSSR count). The van der Waals surface area contributed by atoms with Crippen molar-refractivity contribution in [3.63, 3.8) is 0 Å². The fraction of sp³-hybridized carbons (Fsp3) is 0.118. The van der Waals surface area contributed by atoms with Gasteiger partial charge in [-0.15, -0.1) is 0 Å². The normalized spacial score (nSPS) is 16.0. The van der Waals surface area contributed by atoms with Gasteiger partial charge in [0.2, 0.25) is 6.79 Å². The topological polar surface area (TPSA) is 44.8 Å². The van der Waals surface area contributed by atoms with E-state index in [1.165, 1.54) is 0 Å². The van der Waals surface area contributed by atoms with E-state index in [-0.39, 0.29) is 13.4 Å². The van der Waals surface area contributed by atoms with Crippen LogP contribution in [0.3, 0.4) is 0 Å². The van der Waals surface area contributed by atoms with Crippen molar-refractivity contribution >= 4 is 40.3 Å². The minimum Gasteiger partial charge on any atom is -0.457 e. The summed E-state index contributed by atoms with van der Waals surface area (Å²) in [5.74, 6) is 0.878. The molecule has 4 nitrogen and oxygen atoms in total. The average molecular weight is 349 g/mol. The summed E-state index contributed by atoms with van der Waals surface area (Å²) in [4.78, 5) is 12.2. The van der Waals surface area contributed by atoms with E-state index in [9.17, 15) is 4.79 Å². The number of esters is 1. The van der Waals surface area contributed by atoms with E-state index < -0.39 is 5.97 Å². The summed E-state index contributed by atoms with van der Waals surface area (Å²) in [5, 5.41) is 0.814. The number of hydrogen-bond donors (Lipinski definition) is 0.